The van der Waals surface area contributed by atoms with Crippen LogP contribution in [0.1, 0.15) is 29.5 Å². The highest BCUT2D eigenvalue weighted by molar-refractivity contribution is 7.80. The van der Waals surface area contributed by atoms with Gasteiger partial charge in [0, 0.05) is 17.4 Å². The second-order valence-electron chi connectivity index (χ2n) is 4.66. The molecule has 0 saturated carbocycles. The molecule has 0 aliphatic carbocycles. The topological polar surface area (TPSA) is 42.2 Å². The van der Waals surface area contributed by atoms with Crippen molar-refractivity contribution in [2.24, 2.45) is 0 Å². The minimum Gasteiger partial charge on any atom is -0.469 e. The van der Waals surface area contributed by atoms with Crippen molar-refractivity contribution in [2.45, 2.75) is 30.7 Å². The quantitative estimate of drug-likeness (QED) is 0.821. The number of amides is 1. The zero-order chi connectivity index (χ0) is 14.5. The Morgan fingerprint density at radius 3 is 2.95 bits per heavy atom. The number of nitrogens with one attached hydrogen (secondary N) is 1. The van der Waals surface area contributed by atoms with Crippen LogP contribution in [0.25, 0.3) is 0 Å². The van der Waals surface area contributed by atoms with Gasteiger partial charge in [-0.25, -0.2) is 0 Å². The highest BCUT2D eigenvalue weighted by Gasteiger charge is 2.13. The van der Waals surface area contributed by atoms with E-state index in [0.717, 1.165) is 18.6 Å². The standard InChI is InChI=1S/C15H16ClNO2S/c1-10(4-5-11-3-2-8-19-11)17-15(18)13-9-12(20)6-7-14(13)16/h2-3,6-10,20H,4-5H2,1H3,(H,17,18). The van der Waals surface area contributed by atoms with Crippen LogP contribution in [0.4, 0.5) is 0 Å². The van der Waals surface area contributed by atoms with E-state index in [1.54, 1.807) is 24.5 Å². The lowest BCUT2D eigenvalue weighted by molar-refractivity contribution is 0.0938. The van der Waals surface area contributed by atoms with E-state index in [1.807, 2.05) is 19.1 Å². The summed E-state index contributed by atoms with van der Waals surface area (Å²) in [6.07, 6.45) is 3.24. The fourth-order valence-electron chi connectivity index (χ4n) is 1.87. The van der Waals surface area contributed by atoms with Gasteiger partial charge in [0.2, 0.25) is 0 Å². The molecule has 20 heavy (non-hydrogen) atoms. The predicted molar refractivity (Wildman–Crippen MR) is 82.7 cm³/mol. The van der Waals surface area contributed by atoms with E-state index in [9.17, 15) is 4.79 Å². The highest BCUT2D eigenvalue weighted by atomic mass is 35.5. The lowest BCUT2D eigenvalue weighted by Crippen LogP contribution is -2.33. The largest absolute Gasteiger partial charge is 0.469 e. The van der Waals surface area contributed by atoms with Gasteiger partial charge in [-0.2, -0.15) is 0 Å². The molecule has 0 aliphatic rings. The Morgan fingerprint density at radius 1 is 1.45 bits per heavy atom. The van der Waals surface area contributed by atoms with Gasteiger partial charge in [-0.15, -0.1) is 12.6 Å². The van der Waals surface area contributed by atoms with Gasteiger partial charge >= 0.3 is 0 Å². The number of hydrogen-bond donors (Lipinski definition) is 2. The van der Waals surface area contributed by atoms with Crippen LogP contribution in [-0.4, -0.2) is 11.9 Å². The third kappa shape index (κ3) is 4.05. The van der Waals surface area contributed by atoms with E-state index >= 15 is 0 Å². The monoisotopic (exact) mass is 309 g/mol. The Labute approximate surface area is 128 Å². The molecule has 1 atom stereocenters. The number of carbonyl (C=O) groups excluding carboxylic acids is 1. The van der Waals surface area contributed by atoms with Crippen LogP contribution in [-0.2, 0) is 6.42 Å². The number of aryl methyl sites for hydroxylation is 1. The van der Waals surface area contributed by atoms with Gasteiger partial charge in [0.15, 0.2) is 0 Å². The first kappa shape index (κ1) is 15.0. The summed E-state index contributed by atoms with van der Waals surface area (Å²) in [6, 6.07) is 8.91. The minimum atomic E-state index is -0.183. The Bertz CT molecular complexity index is 584. The van der Waals surface area contributed by atoms with Crippen LogP contribution in [0.5, 0.6) is 0 Å². The Morgan fingerprint density at radius 2 is 2.25 bits per heavy atom. The van der Waals surface area contributed by atoms with E-state index in [-0.39, 0.29) is 11.9 Å². The number of thiol groups is 1. The molecule has 1 heterocycles. The van der Waals surface area contributed by atoms with Crippen molar-refractivity contribution >= 4 is 30.1 Å². The van der Waals surface area contributed by atoms with Crippen molar-refractivity contribution in [2.75, 3.05) is 0 Å². The lowest BCUT2D eigenvalue weighted by atomic mass is 10.1. The third-order valence-electron chi connectivity index (χ3n) is 2.98. The smallest absolute Gasteiger partial charge is 0.253 e. The van der Waals surface area contributed by atoms with Crippen molar-refractivity contribution < 1.29 is 9.21 Å². The predicted octanol–water partition coefficient (Wildman–Crippen LogP) is 3.97. The van der Waals surface area contributed by atoms with E-state index in [1.165, 1.54) is 0 Å². The van der Waals surface area contributed by atoms with Crippen molar-refractivity contribution in [1.82, 2.24) is 5.32 Å². The van der Waals surface area contributed by atoms with Gasteiger partial charge in [0.1, 0.15) is 5.76 Å². The molecule has 5 heteroatoms. The van der Waals surface area contributed by atoms with Crippen molar-refractivity contribution in [1.29, 1.82) is 0 Å². The maximum absolute atomic E-state index is 12.1. The molecule has 1 aromatic carbocycles. The average molecular weight is 310 g/mol. The molecule has 0 bridgehead atoms. The Hall–Kier alpha value is -1.39. The SMILES string of the molecule is CC(CCc1ccco1)NC(=O)c1cc(S)ccc1Cl. The third-order valence-corrected chi connectivity index (χ3v) is 3.58. The fraction of sp³-hybridized carbons (Fsp3) is 0.267. The number of carbonyl (C=O) groups is 1. The first-order valence-corrected chi connectivity index (χ1v) is 7.20. The second-order valence-corrected chi connectivity index (χ2v) is 5.58. The summed E-state index contributed by atoms with van der Waals surface area (Å²) in [5.74, 6) is 0.735. The molecule has 0 fully saturated rings. The summed E-state index contributed by atoms with van der Waals surface area (Å²) < 4.78 is 5.26. The van der Waals surface area contributed by atoms with Crippen LogP contribution >= 0.6 is 24.2 Å². The molecular formula is C15H16ClNO2S. The van der Waals surface area contributed by atoms with E-state index in [0.29, 0.717) is 15.5 Å². The summed E-state index contributed by atoms with van der Waals surface area (Å²) in [4.78, 5) is 12.8. The minimum absolute atomic E-state index is 0.0345. The van der Waals surface area contributed by atoms with Crippen molar-refractivity contribution in [3.63, 3.8) is 0 Å². The number of halogens is 1. The molecular weight excluding hydrogens is 294 g/mol. The summed E-state index contributed by atoms with van der Waals surface area (Å²) in [5.41, 5.74) is 0.448. The van der Waals surface area contributed by atoms with Crippen LogP contribution in [0.3, 0.4) is 0 Å². The van der Waals surface area contributed by atoms with Crippen LogP contribution in [0, 0.1) is 0 Å². The number of rotatable bonds is 5. The van der Waals surface area contributed by atoms with Gasteiger partial charge in [-0.1, -0.05) is 11.6 Å². The molecule has 106 valence electrons. The molecule has 0 saturated heterocycles. The van der Waals surface area contributed by atoms with E-state index < -0.39 is 0 Å². The second kappa shape index (κ2) is 6.86. The number of benzene rings is 1. The maximum Gasteiger partial charge on any atom is 0.253 e. The molecule has 1 N–H and O–H groups in total. The summed E-state index contributed by atoms with van der Waals surface area (Å²) in [7, 11) is 0. The van der Waals surface area contributed by atoms with Gasteiger partial charge in [-0.05, 0) is 43.7 Å². The number of hydrogen-bond acceptors (Lipinski definition) is 3. The molecule has 3 nitrogen and oxygen atoms in total. The number of furan rings is 1. The molecule has 0 radical (unpaired) electrons. The first-order valence-electron chi connectivity index (χ1n) is 6.38. The molecule has 1 amide bonds. The van der Waals surface area contributed by atoms with Gasteiger partial charge in [0.25, 0.3) is 5.91 Å². The Kier molecular flexibility index (Phi) is 5.15. The van der Waals surface area contributed by atoms with Crippen LogP contribution < -0.4 is 5.32 Å². The van der Waals surface area contributed by atoms with Crippen molar-refractivity contribution in [3.8, 4) is 0 Å². The zero-order valence-corrected chi connectivity index (χ0v) is 12.7. The summed E-state index contributed by atoms with van der Waals surface area (Å²) >= 11 is 10.2. The van der Waals surface area contributed by atoms with Gasteiger partial charge in [0.05, 0.1) is 16.8 Å². The summed E-state index contributed by atoms with van der Waals surface area (Å²) in [6.45, 7) is 1.96. The van der Waals surface area contributed by atoms with Gasteiger partial charge in [-0.3, -0.25) is 4.79 Å². The van der Waals surface area contributed by atoms with Crippen LogP contribution in [0.2, 0.25) is 5.02 Å². The first-order chi connectivity index (χ1) is 9.56. The van der Waals surface area contributed by atoms with Crippen molar-refractivity contribution in [3.05, 3.63) is 52.9 Å². The highest BCUT2D eigenvalue weighted by Crippen LogP contribution is 2.19. The van der Waals surface area contributed by atoms with E-state index in [2.05, 4.69) is 17.9 Å². The normalized spacial score (nSPS) is 12.2. The summed E-state index contributed by atoms with van der Waals surface area (Å²) in [5, 5.41) is 3.36. The molecule has 1 aromatic heterocycles. The maximum atomic E-state index is 12.1. The van der Waals surface area contributed by atoms with Crippen LogP contribution in [0.15, 0.2) is 45.9 Å². The lowest BCUT2D eigenvalue weighted by Gasteiger charge is -2.14. The average Bonchev–Trinajstić information content (AvgIpc) is 2.92. The molecule has 0 spiro atoms. The molecule has 2 rings (SSSR count). The molecule has 1 unspecified atom stereocenters. The fourth-order valence-corrected chi connectivity index (χ4v) is 2.28. The molecule has 0 aliphatic heterocycles. The molecule has 2 aromatic rings. The Balaban J connectivity index is 1.91. The van der Waals surface area contributed by atoms with Gasteiger partial charge < -0.3 is 9.73 Å². The van der Waals surface area contributed by atoms with E-state index in [4.69, 9.17) is 16.0 Å². The zero-order valence-electron chi connectivity index (χ0n) is 11.1.